The predicted molar refractivity (Wildman–Crippen MR) is 136 cm³/mol. The van der Waals surface area contributed by atoms with Crippen molar-refractivity contribution in [2.75, 3.05) is 25.1 Å². The van der Waals surface area contributed by atoms with Crippen molar-refractivity contribution >= 4 is 45.5 Å². The number of piperidine rings is 1. The van der Waals surface area contributed by atoms with Crippen LogP contribution >= 0.6 is 11.6 Å². The maximum atomic E-state index is 13.8. The summed E-state index contributed by atoms with van der Waals surface area (Å²) in [6.07, 6.45) is 1.85. The first-order valence-corrected chi connectivity index (χ1v) is 11.8. The number of pyridine rings is 1. The molecule has 5 rings (SSSR count). The summed E-state index contributed by atoms with van der Waals surface area (Å²) in [5.41, 5.74) is 8.09. The molecule has 1 saturated heterocycles. The van der Waals surface area contributed by atoms with Gasteiger partial charge in [0.1, 0.15) is 16.6 Å². The van der Waals surface area contributed by atoms with Crippen LogP contribution in [0.5, 0.6) is 5.75 Å². The molecule has 0 aliphatic carbocycles. The number of hydrogen-bond donors (Lipinski definition) is 2. The Bertz CT molecular complexity index is 1530. The monoisotopic (exact) mass is 495 g/mol. The van der Waals surface area contributed by atoms with E-state index in [-0.39, 0.29) is 22.9 Å². The Kier molecular flexibility index (Phi) is 5.90. The number of aromatic carboxylic acids is 1. The number of benzene rings is 2. The second-order valence-electron chi connectivity index (χ2n) is 8.85. The van der Waals surface area contributed by atoms with Crippen LogP contribution in [0.15, 0.2) is 41.2 Å². The van der Waals surface area contributed by atoms with Gasteiger partial charge in [0.15, 0.2) is 5.75 Å². The normalized spacial score (nSPS) is 16.2. The van der Waals surface area contributed by atoms with E-state index in [2.05, 4.69) is 4.90 Å². The first kappa shape index (κ1) is 23.2. The fraction of sp³-hybridized carbons (Fsp3) is 0.320. The Morgan fingerprint density at radius 1 is 1.26 bits per heavy atom. The number of carboxylic acids is 1. The van der Waals surface area contributed by atoms with Crippen LogP contribution in [-0.2, 0) is 13.6 Å². The lowest BCUT2D eigenvalue weighted by Gasteiger charge is -2.32. The highest BCUT2D eigenvalue weighted by Crippen LogP contribution is 2.35. The lowest BCUT2D eigenvalue weighted by molar-refractivity contribution is 0.0693. The third-order valence-electron chi connectivity index (χ3n) is 6.64. The Labute approximate surface area is 206 Å². The molecule has 1 atom stereocenters. The summed E-state index contributed by atoms with van der Waals surface area (Å²) in [7, 11) is 3.01. The van der Waals surface area contributed by atoms with Gasteiger partial charge in [0.25, 0.3) is 5.56 Å². The fourth-order valence-corrected chi connectivity index (χ4v) is 5.15. The number of aryl methyl sites for hydroxylation is 1. The van der Waals surface area contributed by atoms with Crippen molar-refractivity contribution in [3.63, 3.8) is 0 Å². The maximum absolute atomic E-state index is 13.8. The van der Waals surface area contributed by atoms with Crippen molar-refractivity contribution in [2.24, 2.45) is 12.8 Å². The molecule has 0 amide bonds. The topological polar surface area (TPSA) is 116 Å². The minimum atomic E-state index is -1.14. The van der Waals surface area contributed by atoms with E-state index in [0.29, 0.717) is 46.0 Å². The van der Waals surface area contributed by atoms with E-state index in [9.17, 15) is 14.7 Å². The molecule has 182 valence electrons. The fourth-order valence-electron chi connectivity index (χ4n) is 4.96. The molecule has 1 aliphatic rings. The van der Waals surface area contributed by atoms with Gasteiger partial charge < -0.3 is 29.6 Å². The number of fused-ring (bicyclic) bond motifs is 3. The predicted octanol–water partition coefficient (Wildman–Crippen LogP) is 3.22. The van der Waals surface area contributed by atoms with Crippen LogP contribution in [0.1, 0.15) is 28.8 Å². The highest BCUT2D eigenvalue weighted by Gasteiger charge is 2.27. The zero-order valence-electron chi connectivity index (χ0n) is 19.5. The molecule has 0 saturated carbocycles. The quantitative estimate of drug-likeness (QED) is 0.436. The SMILES string of the molecule is COc1c(C(=O)O)ccc2c3nc(N4CCC[C@@H](N)C4)n(Cc4ccccc4Cl)c3c(=O)n(C)c12. The molecule has 0 radical (unpaired) electrons. The summed E-state index contributed by atoms with van der Waals surface area (Å²) < 4.78 is 8.79. The van der Waals surface area contributed by atoms with Gasteiger partial charge in [0, 0.05) is 36.6 Å². The summed E-state index contributed by atoms with van der Waals surface area (Å²) in [6.45, 7) is 1.74. The number of carboxylic acid groups (broad SMARTS) is 1. The molecule has 35 heavy (non-hydrogen) atoms. The van der Waals surface area contributed by atoms with E-state index in [4.69, 9.17) is 27.1 Å². The number of rotatable bonds is 5. The maximum Gasteiger partial charge on any atom is 0.339 e. The molecule has 10 heteroatoms. The summed E-state index contributed by atoms with van der Waals surface area (Å²) in [4.78, 5) is 32.6. The number of nitrogens with two attached hydrogens (primary N) is 1. The molecule has 1 aliphatic heterocycles. The second-order valence-corrected chi connectivity index (χ2v) is 9.25. The van der Waals surface area contributed by atoms with E-state index in [1.807, 2.05) is 28.8 Å². The Morgan fingerprint density at radius 2 is 2.03 bits per heavy atom. The van der Waals surface area contributed by atoms with E-state index in [0.717, 1.165) is 24.9 Å². The molecule has 2 aromatic heterocycles. The number of aromatic nitrogens is 3. The molecular weight excluding hydrogens is 470 g/mol. The van der Waals surface area contributed by atoms with Crippen molar-refractivity contribution in [1.82, 2.24) is 14.1 Å². The van der Waals surface area contributed by atoms with Crippen molar-refractivity contribution in [3.05, 3.63) is 62.9 Å². The Morgan fingerprint density at radius 3 is 2.71 bits per heavy atom. The first-order chi connectivity index (χ1) is 16.8. The highest BCUT2D eigenvalue weighted by atomic mass is 35.5. The van der Waals surface area contributed by atoms with Gasteiger partial charge in [-0.1, -0.05) is 29.8 Å². The summed E-state index contributed by atoms with van der Waals surface area (Å²) in [5.74, 6) is -0.372. The summed E-state index contributed by atoms with van der Waals surface area (Å²) in [6, 6.07) is 10.7. The molecule has 3 heterocycles. The molecule has 0 bridgehead atoms. The molecule has 2 aromatic carbocycles. The van der Waals surface area contributed by atoms with E-state index >= 15 is 0 Å². The largest absolute Gasteiger partial charge is 0.494 e. The highest BCUT2D eigenvalue weighted by molar-refractivity contribution is 6.31. The van der Waals surface area contributed by atoms with Crippen LogP contribution in [0, 0.1) is 0 Å². The lowest BCUT2D eigenvalue weighted by atomic mass is 10.1. The van der Waals surface area contributed by atoms with E-state index in [1.165, 1.54) is 17.7 Å². The standard InChI is InChI=1S/C25H26ClN5O4/c1-29-20-16(9-10-17(24(33)34)22(20)35-2)19-21(23(29)32)31(12-14-6-3-4-8-18(14)26)25(28-19)30-11-5-7-15(27)13-30/h3-4,6,8-10,15H,5,7,11-13,27H2,1-2H3,(H,33,34)/t15-/m1/s1. The Hall–Kier alpha value is -3.56. The zero-order chi connectivity index (χ0) is 24.9. The minimum absolute atomic E-state index is 0.00937. The van der Waals surface area contributed by atoms with Crippen LogP contribution in [0.3, 0.4) is 0 Å². The third-order valence-corrected chi connectivity index (χ3v) is 7.01. The zero-order valence-corrected chi connectivity index (χ0v) is 20.2. The third kappa shape index (κ3) is 3.81. The molecule has 4 aromatic rings. The number of carbonyl (C=O) groups is 1. The average Bonchev–Trinajstić information content (AvgIpc) is 3.22. The Balaban J connectivity index is 1.85. The number of halogens is 1. The van der Waals surface area contributed by atoms with Gasteiger partial charge in [-0.15, -0.1) is 0 Å². The van der Waals surface area contributed by atoms with Crippen LogP contribution in [-0.4, -0.2) is 51.4 Å². The number of nitrogens with zero attached hydrogens (tertiary/aromatic N) is 4. The molecular formula is C25H26ClN5O4. The molecule has 3 N–H and O–H groups in total. The van der Waals surface area contributed by atoms with Crippen molar-refractivity contribution in [2.45, 2.75) is 25.4 Å². The second kappa shape index (κ2) is 8.90. The smallest absolute Gasteiger partial charge is 0.339 e. The number of methoxy groups -OCH3 is 1. The summed E-state index contributed by atoms with van der Waals surface area (Å²) >= 11 is 6.48. The van der Waals surface area contributed by atoms with Crippen LogP contribution in [0.4, 0.5) is 5.95 Å². The van der Waals surface area contributed by atoms with Gasteiger partial charge in [-0.3, -0.25) is 4.79 Å². The molecule has 9 nitrogen and oxygen atoms in total. The molecule has 0 spiro atoms. The van der Waals surface area contributed by atoms with E-state index < -0.39 is 5.97 Å². The van der Waals surface area contributed by atoms with Gasteiger partial charge in [-0.25, -0.2) is 9.78 Å². The number of ether oxygens (including phenoxy) is 1. The molecule has 1 fully saturated rings. The number of anilines is 1. The minimum Gasteiger partial charge on any atom is -0.494 e. The van der Waals surface area contributed by atoms with Gasteiger partial charge in [0.2, 0.25) is 5.95 Å². The van der Waals surface area contributed by atoms with Crippen molar-refractivity contribution in [1.29, 1.82) is 0 Å². The van der Waals surface area contributed by atoms with Gasteiger partial charge in [-0.2, -0.15) is 0 Å². The van der Waals surface area contributed by atoms with Crippen LogP contribution in [0.2, 0.25) is 5.02 Å². The average molecular weight is 496 g/mol. The number of hydrogen-bond acceptors (Lipinski definition) is 6. The van der Waals surface area contributed by atoms with Gasteiger partial charge >= 0.3 is 5.97 Å². The van der Waals surface area contributed by atoms with Crippen LogP contribution in [0.25, 0.3) is 21.9 Å². The van der Waals surface area contributed by atoms with Gasteiger partial charge in [-0.05, 0) is 36.6 Å². The number of imidazole rings is 1. The van der Waals surface area contributed by atoms with Gasteiger partial charge in [0.05, 0.1) is 19.2 Å². The lowest BCUT2D eigenvalue weighted by Crippen LogP contribution is -2.44. The molecule has 0 unspecified atom stereocenters. The van der Waals surface area contributed by atoms with E-state index in [1.54, 1.807) is 13.1 Å². The summed E-state index contributed by atoms with van der Waals surface area (Å²) in [5, 5.41) is 10.9. The first-order valence-electron chi connectivity index (χ1n) is 11.4. The van der Waals surface area contributed by atoms with Crippen molar-refractivity contribution in [3.8, 4) is 5.75 Å². The van der Waals surface area contributed by atoms with Crippen LogP contribution < -0.4 is 20.9 Å². The van der Waals surface area contributed by atoms with Crippen molar-refractivity contribution < 1.29 is 14.6 Å².